The van der Waals surface area contributed by atoms with Crippen LogP contribution in [0.3, 0.4) is 0 Å². The summed E-state index contributed by atoms with van der Waals surface area (Å²) in [6, 6.07) is 0. The Balaban J connectivity index is 2.49. The van der Waals surface area contributed by atoms with Crippen molar-refractivity contribution < 1.29 is 9.53 Å². The minimum atomic E-state index is -0.461. The molecule has 1 amide bonds. The average Bonchev–Trinajstić information content (AvgIpc) is 2.24. The smallest absolute Gasteiger partial charge is 0.410 e. The van der Waals surface area contributed by atoms with Crippen LogP contribution in [0.5, 0.6) is 0 Å². The molecular formula is C13H23N3O2. The highest BCUT2D eigenvalue weighted by atomic mass is 16.6. The van der Waals surface area contributed by atoms with E-state index in [1.54, 1.807) is 4.90 Å². The zero-order valence-corrected chi connectivity index (χ0v) is 11.7. The standard InChI is InChI=1S/C13H23N3O2/c1-10(2)8-15-11-9-16(7-6-14-11)12(17)18-13(3,4)5/h1,6-9H2,2-5H3,(H,14,15). The van der Waals surface area contributed by atoms with Gasteiger partial charge in [-0.25, -0.2) is 4.79 Å². The molecule has 1 aliphatic rings. The van der Waals surface area contributed by atoms with Gasteiger partial charge in [-0.05, 0) is 27.7 Å². The number of hydrogen-bond donors (Lipinski definition) is 1. The molecule has 0 spiro atoms. The van der Waals surface area contributed by atoms with Gasteiger partial charge in [0.1, 0.15) is 11.4 Å². The first kappa shape index (κ1) is 14.5. The summed E-state index contributed by atoms with van der Waals surface area (Å²) in [5.41, 5.74) is 0.573. The Morgan fingerprint density at radius 1 is 1.56 bits per heavy atom. The normalized spacial score (nSPS) is 16.0. The van der Waals surface area contributed by atoms with Crippen LogP contribution in [0.15, 0.2) is 17.1 Å². The summed E-state index contributed by atoms with van der Waals surface area (Å²) in [5, 5.41) is 3.17. The molecule has 1 aliphatic heterocycles. The lowest BCUT2D eigenvalue weighted by atomic mass is 10.2. The molecule has 5 heteroatoms. The summed E-state index contributed by atoms with van der Waals surface area (Å²) >= 11 is 0. The summed E-state index contributed by atoms with van der Waals surface area (Å²) in [5.74, 6) is 0.815. The van der Waals surface area contributed by atoms with Crippen molar-refractivity contribution in [1.29, 1.82) is 0 Å². The van der Waals surface area contributed by atoms with Crippen molar-refractivity contribution in [3.8, 4) is 0 Å². The van der Waals surface area contributed by atoms with E-state index < -0.39 is 5.60 Å². The summed E-state index contributed by atoms with van der Waals surface area (Å²) in [6.07, 6.45) is -0.285. The molecule has 1 N–H and O–H groups in total. The third-order valence-electron chi connectivity index (χ3n) is 2.26. The highest BCUT2D eigenvalue weighted by Gasteiger charge is 2.24. The van der Waals surface area contributed by atoms with E-state index in [-0.39, 0.29) is 6.09 Å². The minimum absolute atomic E-state index is 0.285. The van der Waals surface area contributed by atoms with Crippen LogP contribution in [0.4, 0.5) is 4.79 Å². The fraction of sp³-hybridized carbons (Fsp3) is 0.692. The van der Waals surface area contributed by atoms with Crippen LogP contribution >= 0.6 is 0 Å². The first-order valence-electron chi connectivity index (χ1n) is 6.17. The van der Waals surface area contributed by atoms with Gasteiger partial charge in [0.2, 0.25) is 0 Å². The molecule has 0 saturated heterocycles. The number of aliphatic imine (C=N–C) groups is 1. The van der Waals surface area contributed by atoms with Crippen LogP contribution in [0.2, 0.25) is 0 Å². The summed E-state index contributed by atoms with van der Waals surface area (Å²) < 4.78 is 5.34. The second-order valence-electron chi connectivity index (χ2n) is 5.54. The van der Waals surface area contributed by atoms with Gasteiger partial charge in [-0.15, -0.1) is 0 Å². The fourth-order valence-corrected chi connectivity index (χ4v) is 1.46. The maximum atomic E-state index is 11.9. The topological polar surface area (TPSA) is 53.9 Å². The number of amides is 1. The molecule has 0 aromatic rings. The second kappa shape index (κ2) is 5.89. The molecule has 0 unspecified atom stereocenters. The van der Waals surface area contributed by atoms with Crippen molar-refractivity contribution in [2.75, 3.05) is 26.2 Å². The highest BCUT2D eigenvalue weighted by Crippen LogP contribution is 2.10. The maximum Gasteiger partial charge on any atom is 0.410 e. The fourth-order valence-electron chi connectivity index (χ4n) is 1.46. The molecule has 5 nitrogen and oxygen atoms in total. The Morgan fingerprint density at radius 2 is 2.22 bits per heavy atom. The van der Waals surface area contributed by atoms with E-state index >= 15 is 0 Å². The molecule has 1 rings (SSSR count). The summed E-state index contributed by atoms with van der Waals surface area (Å²) in [7, 11) is 0. The molecule has 1 heterocycles. The van der Waals surface area contributed by atoms with Crippen LogP contribution in [-0.2, 0) is 4.74 Å². The molecule has 0 aliphatic carbocycles. The number of carbonyl (C=O) groups excluding carboxylic acids is 1. The molecule has 18 heavy (non-hydrogen) atoms. The van der Waals surface area contributed by atoms with Crippen molar-refractivity contribution in [3.05, 3.63) is 12.2 Å². The number of nitrogens with zero attached hydrogens (tertiary/aromatic N) is 2. The molecule has 0 saturated carbocycles. The number of rotatable bonds is 2. The lowest BCUT2D eigenvalue weighted by Crippen LogP contribution is -2.47. The van der Waals surface area contributed by atoms with Gasteiger partial charge in [0.15, 0.2) is 0 Å². The Bertz CT molecular complexity index is 356. The highest BCUT2D eigenvalue weighted by molar-refractivity contribution is 5.88. The van der Waals surface area contributed by atoms with E-state index in [2.05, 4.69) is 16.9 Å². The Labute approximate surface area is 109 Å². The van der Waals surface area contributed by atoms with E-state index in [0.717, 1.165) is 11.4 Å². The van der Waals surface area contributed by atoms with Gasteiger partial charge in [-0.3, -0.25) is 9.89 Å². The van der Waals surface area contributed by atoms with Gasteiger partial charge >= 0.3 is 6.09 Å². The molecule has 0 bridgehead atoms. The van der Waals surface area contributed by atoms with E-state index in [0.29, 0.717) is 26.2 Å². The minimum Gasteiger partial charge on any atom is -0.444 e. The van der Waals surface area contributed by atoms with Crippen molar-refractivity contribution in [2.24, 2.45) is 4.99 Å². The lowest BCUT2D eigenvalue weighted by Gasteiger charge is -2.29. The van der Waals surface area contributed by atoms with Crippen molar-refractivity contribution >= 4 is 11.9 Å². The van der Waals surface area contributed by atoms with Crippen molar-refractivity contribution in [2.45, 2.75) is 33.3 Å². The average molecular weight is 253 g/mol. The predicted molar refractivity (Wildman–Crippen MR) is 72.9 cm³/mol. The molecule has 0 radical (unpaired) electrons. The molecule has 0 atom stereocenters. The Morgan fingerprint density at radius 3 is 2.78 bits per heavy atom. The molecule has 0 aromatic heterocycles. The Hall–Kier alpha value is -1.52. The van der Waals surface area contributed by atoms with E-state index in [9.17, 15) is 4.79 Å². The van der Waals surface area contributed by atoms with E-state index in [1.165, 1.54) is 0 Å². The van der Waals surface area contributed by atoms with Crippen LogP contribution in [0.25, 0.3) is 0 Å². The number of amidine groups is 1. The van der Waals surface area contributed by atoms with Crippen LogP contribution in [0, 0.1) is 0 Å². The maximum absolute atomic E-state index is 11.9. The molecule has 102 valence electrons. The monoisotopic (exact) mass is 253 g/mol. The Kier molecular flexibility index (Phi) is 4.76. The van der Waals surface area contributed by atoms with Gasteiger partial charge in [0.05, 0.1) is 13.1 Å². The molecule has 0 aromatic carbocycles. The first-order valence-corrected chi connectivity index (χ1v) is 6.17. The SMILES string of the molecule is C=C(C)CNC1=NCCN(C(=O)OC(C)(C)C)C1. The number of ether oxygens (including phenoxy) is 1. The van der Waals surface area contributed by atoms with Gasteiger partial charge in [0, 0.05) is 13.1 Å². The zero-order valence-electron chi connectivity index (χ0n) is 11.7. The van der Waals surface area contributed by atoms with Crippen LogP contribution < -0.4 is 5.32 Å². The molecular weight excluding hydrogens is 230 g/mol. The van der Waals surface area contributed by atoms with Gasteiger partial charge in [0.25, 0.3) is 0 Å². The van der Waals surface area contributed by atoms with Gasteiger partial charge in [-0.2, -0.15) is 0 Å². The third-order valence-corrected chi connectivity index (χ3v) is 2.26. The third kappa shape index (κ3) is 5.21. The van der Waals surface area contributed by atoms with Crippen LogP contribution in [0.1, 0.15) is 27.7 Å². The van der Waals surface area contributed by atoms with Crippen LogP contribution in [-0.4, -0.2) is 48.6 Å². The number of carbonyl (C=O) groups is 1. The number of nitrogens with one attached hydrogen (secondary N) is 1. The molecule has 0 fully saturated rings. The second-order valence-corrected chi connectivity index (χ2v) is 5.54. The first-order chi connectivity index (χ1) is 8.28. The predicted octanol–water partition coefficient (Wildman–Crippen LogP) is 1.80. The van der Waals surface area contributed by atoms with E-state index in [4.69, 9.17) is 4.74 Å². The lowest BCUT2D eigenvalue weighted by molar-refractivity contribution is 0.0276. The van der Waals surface area contributed by atoms with E-state index in [1.807, 2.05) is 27.7 Å². The summed E-state index contributed by atoms with van der Waals surface area (Å²) in [6.45, 7) is 13.7. The largest absolute Gasteiger partial charge is 0.444 e. The van der Waals surface area contributed by atoms with Gasteiger partial charge in [-0.1, -0.05) is 12.2 Å². The summed E-state index contributed by atoms with van der Waals surface area (Å²) in [4.78, 5) is 17.9. The van der Waals surface area contributed by atoms with Crippen molar-refractivity contribution in [1.82, 2.24) is 10.2 Å². The van der Waals surface area contributed by atoms with Crippen molar-refractivity contribution in [3.63, 3.8) is 0 Å². The van der Waals surface area contributed by atoms with Gasteiger partial charge < -0.3 is 10.1 Å². The zero-order chi connectivity index (χ0) is 13.8. The number of hydrogen-bond acceptors (Lipinski definition) is 4. The quantitative estimate of drug-likeness (QED) is 0.763.